The Hall–Kier alpha value is -2.66. The molecule has 2 amide bonds. The van der Waals surface area contributed by atoms with E-state index in [1.807, 2.05) is 45.0 Å². The maximum Gasteiger partial charge on any atom is 0.269 e. The minimum atomic E-state index is -0.369. The van der Waals surface area contributed by atoms with Gasteiger partial charge in [0.25, 0.3) is 11.8 Å². The number of hydrogen-bond acceptors (Lipinski definition) is 3. The molecule has 0 unspecified atom stereocenters. The van der Waals surface area contributed by atoms with Crippen LogP contribution in [-0.4, -0.2) is 17.9 Å². The molecule has 126 valence electrons. The lowest BCUT2D eigenvalue weighted by Crippen LogP contribution is -2.41. The maximum absolute atomic E-state index is 12.1. The summed E-state index contributed by atoms with van der Waals surface area (Å²) in [7, 11) is 0. The largest absolute Gasteiger partial charge is 0.374 e. The van der Waals surface area contributed by atoms with Gasteiger partial charge >= 0.3 is 0 Å². The highest BCUT2D eigenvalue weighted by molar-refractivity contribution is 5.99. The predicted molar refractivity (Wildman–Crippen MR) is 92.5 cm³/mol. The van der Waals surface area contributed by atoms with Crippen molar-refractivity contribution in [3.63, 3.8) is 0 Å². The highest BCUT2D eigenvalue weighted by atomic mass is 16.5. The standard InChI is InChI=1S/C19H22N2O3/c1-13(2)24-12-15-6-10-17(11-7-15)19(23)21-20-18(22)16-8-4-14(3)5-9-16/h4-11,13H,12H2,1-3H3,(H,20,22)(H,21,23). The van der Waals surface area contributed by atoms with E-state index in [0.717, 1.165) is 11.1 Å². The molecule has 5 heteroatoms. The van der Waals surface area contributed by atoms with Crippen LogP contribution in [0.25, 0.3) is 0 Å². The molecule has 5 nitrogen and oxygen atoms in total. The minimum Gasteiger partial charge on any atom is -0.374 e. The lowest BCUT2D eigenvalue weighted by atomic mass is 10.1. The molecule has 0 spiro atoms. The molecule has 0 saturated carbocycles. The third-order valence-corrected chi connectivity index (χ3v) is 3.40. The van der Waals surface area contributed by atoms with E-state index in [0.29, 0.717) is 17.7 Å². The second-order valence-corrected chi connectivity index (χ2v) is 5.83. The SMILES string of the molecule is Cc1ccc(C(=O)NNC(=O)c2ccc(COC(C)C)cc2)cc1. The van der Waals surface area contributed by atoms with Crippen molar-refractivity contribution in [3.05, 3.63) is 70.8 Å². The van der Waals surface area contributed by atoms with Crippen LogP contribution < -0.4 is 10.9 Å². The van der Waals surface area contributed by atoms with Crippen molar-refractivity contribution in [2.24, 2.45) is 0 Å². The Morgan fingerprint density at radius 1 is 0.875 bits per heavy atom. The number of rotatable bonds is 5. The highest BCUT2D eigenvalue weighted by Crippen LogP contribution is 2.07. The Balaban J connectivity index is 1.87. The van der Waals surface area contributed by atoms with Crippen molar-refractivity contribution in [3.8, 4) is 0 Å². The number of aryl methyl sites for hydroxylation is 1. The number of carbonyl (C=O) groups is 2. The van der Waals surface area contributed by atoms with E-state index in [1.54, 1.807) is 24.3 Å². The number of carbonyl (C=O) groups excluding carboxylic acids is 2. The van der Waals surface area contributed by atoms with Gasteiger partial charge in [-0.2, -0.15) is 0 Å². The van der Waals surface area contributed by atoms with Gasteiger partial charge in [0.2, 0.25) is 0 Å². The normalized spacial score (nSPS) is 10.5. The lowest BCUT2D eigenvalue weighted by Gasteiger charge is -2.09. The molecule has 2 N–H and O–H groups in total. The zero-order valence-corrected chi connectivity index (χ0v) is 14.1. The van der Waals surface area contributed by atoms with Gasteiger partial charge in [0.15, 0.2) is 0 Å². The first-order valence-electron chi connectivity index (χ1n) is 7.83. The van der Waals surface area contributed by atoms with E-state index in [2.05, 4.69) is 10.9 Å². The molecular formula is C19H22N2O3. The summed E-state index contributed by atoms with van der Waals surface area (Å²) in [4.78, 5) is 24.0. The van der Waals surface area contributed by atoms with E-state index in [-0.39, 0.29) is 17.9 Å². The number of hydrazine groups is 1. The molecular weight excluding hydrogens is 304 g/mol. The van der Waals surface area contributed by atoms with Crippen LogP contribution in [0.15, 0.2) is 48.5 Å². The topological polar surface area (TPSA) is 67.4 Å². The van der Waals surface area contributed by atoms with Crippen LogP contribution in [0, 0.1) is 6.92 Å². The third-order valence-electron chi connectivity index (χ3n) is 3.40. The lowest BCUT2D eigenvalue weighted by molar-refractivity contribution is 0.0656. The average Bonchev–Trinajstić information content (AvgIpc) is 2.58. The smallest absolute Gasteiger partial charge is 0.269 e. The second kappa shape index (κ2) is 8.26. The second-order valence-electron chi connectivity index (χ2n) is 5.83. The summed E-state index contributed by atoms with van der Waals surface area (Å²) in [6, 6.07) is 14.2. The van der Waals surface area contributed by atoms with Crippen LogP contribution in [0.5, 0.6) is 0 Å². The van der Waals surface area contributed by atoms with Crippen molar-refractivity contribution in [2.45, 2.75) is 33.5 Å². The summed E-state index contributed by atoms with van der Waals surface area (Å²) in [6.07, 6.45) is 0.157. The molecule has 0 aliphatic carbocycles. The fraction of sp³-hybridized carbons (Fsp3) is 0.263. The van der Waals surface area contributed by atoms with Gasteiger partial charge in [0, 0.05) is 11.1 Å². The molecule has 2 rings (SSSR count). The summed E-state index contributed by atoms with van der Waals surface area (Å²) in [5.41, 5.74) is 7.83. The molecule has 2 aromatic carbocycles. The first-order valence-corrected chi connectivity index (χ1v) is 7.83. The quantitative estimate of drug-likeness (QED) is 0.830. The van der Waals surface area contributed by atoms with Gasteiger partial charge in [-0.05, 0) is 50.6 Å². The van der Waals surface area contributed by atoms with Gasteiger partial charge in [-0.25, -0.2) is 0 Å². The van der Waals surface area contributed by atoms with Crippen molar-refractivity contribution in [2.75, 3.05) is 0 Å². The number of benzene rings is 2. The van der Waals surface area contributed by atoms with Crippen LogP contribution in [0.1, 0.15) is 45.7 Å². The highest BCUT2D eigenvalue weighted by Gasteiger charge is 2.09. The average molecular weight is 326 g/mol. The summed E-state index contributed by atoms with van der Waals surface area (Å²) >= 11 is 0. The van der Waals surface area contributed by atoms with Crippen LogP contribution in [0.2, 0.25) is 0 Å². The Morgan fingerprint density at radius 2 is 1.33 bits per heavy atom. The monoisotopic (exact) mass is 326 g/mol. The Bertz CT molecular complexity index is 692. The number of ether oxygens (including phenoxy) is 1. The van der Waals surface area contributed by atoms with Crippen molar-refractivity contribution in [1.82, 2.24) is 10.9 Å². The van der Waals surface area contributed by atoms with E-state index >= 15 is 0 Å². The van der Waals surface area contributed by atoms with Crippen LogP contribution in [0.4, 0.5) is 0 Å². The van der Waals surface area contributed by atoms with Crippen LogP contribution in [-0.2, 0) is 11.3 Å². The molecule has 0 fully saturated rings. The Morgan fingerprint density at radius 3 is 1.79 bits per heavy atom. The minimum absolute atomic E-state index is 0.157. The molecule has 0 aliphatic rings. The van der Waals surface area contributed by atoms with E-state index < -0.39 is 0 Å². The van der Waals surface area contributed by atoms with Gasteiger partial charge in [-0.1, -0.05) is 29.8 Å². The molecule has 0 radical (unpaired) electrons. The summed E-state index contributed by atoms with van der Waals surface area (Å²) in [5, 5.41) is 0. The van der Waals surface area contributed by atoms with Crippen LogP contribution >= 0.6 is 0 Å². The summed E-state index contributed by atoms with van der Waals surface area (Å²) in [6.45, 7) is 6.39. The Labute approximate surface area is 142 Å². The molecule has 0 bridgehead atoms. The van der Waals surface area contributed by atoms with Crippen LogP contribution in [0.3, 0.4) is 0 Å². The predicted octanol–water partition coefficient (Wildman–Crippen LogP) is 2.99. The van der Waals surface area contributed by atoms with Crippen molar-refractivity contribution < 1.29 is 14.3 Å². The number of hydrogen-bond donors (Lipinski definition) is 2. The molecule has 0 atom stereocenters. The third kappa shape index (κ3) is 5.21. The number of nitrogens with one attached hydrogen (secondary N) is 2. The Kier molecular flexibility index (Phi) is 6.09. The van der Waals surface area contributed by atoms with Crippen molar-refractivity contribution >= 4 is 11.8 Å². The zero-order chi connectivity index (χ0) is 17.5. The molecule has 2 aromatic rings. The van der Waals surface area contributed by atoms with Gasteiger partial charge in [-0.3, -0.25) is 20.4 Å². The molecule has 0 aliphatic heterocycles. The molecule has 0 heterocycles. The molecule has 24 heavy (non-hydrogen) atoms. The van der Waals surface area contributed by atoms with Gasteiger partial charge in [0.05, 0.1) is 12.7 Å². The maximum atomic E-state index is 12.1. The van der Waals surface area contributed by atoms with E-state index in [4.69, 9.17) is 4.74 Å². The molecule has 0 aromatic heterocycles. The van der Waals surface area contributed by atoms with Gasteiger partial charge in [-0.15, -0.1) is 0 Å². The fourth-order valence-corrected chi connectivity index (χ4v) is 1.98. The first kappa shape index (κ1) is 17.7. The summed E-state index contributed by atoms with van der Waals surface area (Å²) in [5.74, 6) is -0.725. The first-order chi connectivity index (χ1) is 11.5. The fourth-order valence-electron chi connectivity index (χ4n) is 1.98. The molecule has 0 saturated heterocycles. The number of amides is 2. The van der Waals surface area contributed by atoms with Gasteiger partial charge in [0.1, 0.15) is 0 Å². The van der Waals surface area contributed by atoms with Gasteiger partial charge < -0.3 is 4.74 Å². The van der Waals surface area contributed by atoms with E-state index in [9.17, 15) is 9.59 Å². The summed E-state index contributed by atoms with van der Waals surface area (Å²) < 4.78 is 5.51. The van der Waals surface area contributed by atoms with E-state index in [1.165, 1.54) is 0 Å². The zero-order valence-electron chi connectivity index (χ0n) is 14.1. The van der Waals surface area contributed by atoms with Crippen molar-refractivity contribution in [1.29, 1.82) is 0 Å².